The maximum absolute atomic E-state index is 12.9. The van der Waals surface area contributed by atoms with E-state index in [1.54, 1.807) is 48.5 Å². The summed E-state index contributed by atoms with van der Waals surface area (Å²) in [5, 5.41) is 2.67. The van der Waals surface area contributed by atoms with Crippen LogP contribution < -0.4 is 14.4 Å². The fraction of sp³-hybridized carbons (Fsp3) is 0.0952. The first-order valence-electron chi connectivity index (χ1n) is 8.68. The quantitative estimate of drug-likeness (QED) is 0.474. The third-order valence-electron chi connectivity index (χ3n) is 4.08. The molecule has 0 heterocycles. The van der Waals surface area contributed by atoms with Crippen molar-refractivity contribution >= 4 is 49.9 Å². The van der Waals surface area contributed by atoms with Crippen molar-refractivity contribution in [2.24, 2.45) is 0 Å². The number of amides is 1. The Morgan fingerprint density at radius 1 is 1.00 bits per heavy atom. The van der Waals surface area contributed by atoms with E-state index in [4.69, 9.17) is 4.74 Å². The Morgan fingerprint density at radius 2 is 1.69 bits per heavy atom. The van der Waals surface area contributed by atoms with E-state index in [0.29, 0.717) is 17.1 Å². The summed E-state index contributed by atoms with van der Waals surface area (Å²) in [7, 11) is -2.27. The number of halogens is 1. The van der Waals surface area contributed by atoms with Gasteiger partial charge in [-0.15, -0.1) is 0 Å². The summed E-state index contributed by atoms with van der Waals surface area (Å²) in [4.78, 5) is 12.3. The second-order valence-corrected chi connectivity index (χ2v) is 9.34. The van der Waals surface area contributed by atoms with Gasteiger partial charge in [-0.05, 0) is 77.2 Å². The van der Waals surface area contributed by atoms with E-state index < -0.39 is 10.0 Å². The van der Waals surface area contributed by atoms with E-state index in [-0.39, 0.29) is 17.4 Å². The smallest absolute Gasteiger partial charge is 0.264 e. The molecular formula is C21H19IN2O4S. The Kier molecular flexibility index (Phi) is 6.75. The predicted octanol–water partition coefficient (Wildman–Crippen LogP) is 4.13. The van der Waals surface area contributed by atoms with Gasteiger partial charge < -0.3 is 10.1 Å². The second-order valence-electron chi connectivity index (χ2n) is 6.13. The topological polar surface area (TPSA) is 75.7 Å². The molecule has 0 atom stereocenters. The highest BCUT2D eigenvalue weighted by atomic mass is 127. The van der Waals surface area contributed by atoms with Crippen LogP contribution in [0.2, 0.25) is 0 Å². The molecule has 3 aromatic carbocycles. The van der Waals surface area contributed by atoms with Crippen LogP contribution >= 0.6 is 22.6 Å². The third-order valence-corrected chi connectivity index (χ3v) is 6.58. The van der Waals surface area contributed by atoms with Crippen LogP contribution in [-0.4, -0.2) is 28.0 Å². The largest absolute Gasteiger partial charge is 0.484 e. The van der Waals surface area contributed by atoms with E-state index >= 15 is 0 Å². The van der Waals surface area contributed by atoms with Crippen LogP contribution in [0, 0.1) is 3.57 Å². The van der Waals surface area contributed by atoms with Crippen LogP contribution in [0.25, 0.3) is 0 Å². The number of ether oxygens (including phenoxy) is 1. The van der Waals surface area contributed by atoms with Gasteiger partial charge >= 0.3 is 0 Å². The van der Waals surface area contributed by atoms with Crippen LogP contribution in [0.1, 0.15) is 0 Å². The van der Waals surface area contributed by atoms with E-state index in [0.717, 1.165) is 3.57 Å². The summed E-state index contributed by atoms with van der Waals surface area (Å²) in [5.41, 5.74) is 0.927. The zero-order valence-electron chi connectivity index (χ0n) is 15.6. The summed E-state index contributed by atoms with van der Waals surface area (Å²) in [6, 6.07) is 22.2. The van der Waals surface area contributed by atoms with Gasteiger partial charge in [-0.25, -0.2) is 8.42 Å². The fourth-order valence-corrected chi connectivity index (χ4v) is 4.15. The fourth-order valence-electron chi connectivity index (χ4n) is 2.55. The lowest BCUT2D eigenvalue weighted by Crippen LogP contribution is -2.26. The highest BCUT2D eigenvalue weighted by Gasteiger charge is 2.21. The van der Waals surface area contributed by atoms with Crippen molar-refractivity contribution in [1.29, 1.82) is 0 Å². The van der Waals surface area contributed by atoms with Gasteiger partial charge in [-0.1, -0.05) is 24.3 Å². The molecule has 0 aliphatic heterocycles. The lowest BCUT2D eigenvalue weighted by Gasteiger charge is -2.19. The number of rotatable bonds is 7. The predicted molar refractivity (Wildman–Crippen MR) is 122 cm³/mol. The number of sulfonamides is 1. The number of carbonyl (C=O) groups is 1. The van der Waals surface area contributed by atoms with Crippen LogP contribution in [-0.2, 0) is 14.8 Å². The molecular weight excluding hydrogens is 503 g/mol. The standard InChI is InChI=1S/C21H19IN2O4S/c1-24(18-7-3-2-4-8-18)29(26,27)20-9-5-6-17(14-20)23-21(25)15-28-19-12-10-16(22)11-13-19/h2-14H,15H2,1H3,(H,23,25). The van der Waals surface area contributed by atoms with Crippen molar-refractivity contribution in [3.05, 3.63) is 82.4 Å². The van der Waals surface area contributed by atoms with E-state index in [2.05, 4.69) is 27.9 Å². The average Bonchev–Trinajstić information content (AvgIpc) is 2.73. The SMILES string of the molecule is CN(c1ccccc1)S(=O)(=O)c1cccc(NC(=O)COc2ccc(I)cc2)c1. The second kappa shape index (κ2) is 9.27. The summed E-state index contributed by atoms with van der Waals surface area (Å²) >= 11 is 2.18. The van der Waals surface area contributed by atoms with Crippen molar-refractivity contribution in [1.82, 2.24) is 0 Å². The molecule has 3 rings (SSSR count). The van der Waals surface area contributed by atoms with Crippen LogP contribution in [0.3, 0.4) is 0 Å². The minimum absolute atomic E-state index is 0.0835. The molecule has 0 aliphatic carbocycles. The molecule has 150 valence electrons. The summed E-state index contributed by atoms with van der Waals surface area (Å²) < 4.78 is 33.5. The molecule has 8 heteroatoms. The summed E-state index contributed by atoms with van der Waals surface area (Å²) in [6.07, 6.45) is 0. The molecule has 0 saturated carbocycles. The Bertz CT molecular complexity index is 1090. The van der Waals surface area contributed by atoms with Gasteiger partial charge in [0, 0.05) is 16.3 Å². The number of nitrogens with one attached hydrogen (secondary N) is 1. The molecule has 0 aliphatic rings. The first kappa shape index (κ1) is 21.1. The molecule has 0 fully saturated rings. The number of hydrogen-bond donors (Lipinski definition) is 1. The molecule has 6 nitrogen and oxygen atoms in total. The number of nitrogens with zero attached hydrogens (tertiary/aromatic N) is 1. The molecule has 1 N–H and O–H groups in total. The molecule has 0 bridgehead atoms. The van der Waals surface area contributed by atoms with Gasteiger partial charge in [0.15, 0.2) is 6.61 Å². The first-order valence-corrected chi connectivity index (χ1v) is 11.2. The number of benzene rings is 3. The molecule has 0 radical (unpaired) electrons. The molecule has 3 aromatic rings. The summed E-state index contributed by atoms with van der Waals surface area (Å²) in [5.74, 6) is 0.205. The van der Waals surface area contributed by atoms with E-state index in [1.165, 1.54) is 23.5 Å². The molecule has 0 aromatic heterocycles. The van der Waals surface area contributed by atoms with Gasteiger partial charge in [-0.3, -0.25) is 9.10 Å². The minimum Gasteiger partial charge on any atom is -0.484 e. The Balaban J connectivity index is 1.68. The van der Waals surface area contributed by atoms with E-state index in [1.807, 2.05) is 18.2 Å². The average molecular weight is 522 g/mol. The van der Waals surface area contributed by atoms with Gasteiger partial charge in [0.2, 0.25) is 0 Å². The number of para-hydroxylation sites is 1. The summed E-state index contributed by atoms with van der Waals surface area (Å²) in [6.45, 7) is -0.179. The zero-order chi connectivity index (χ0) is 20.9. The van der Waals surface area contributed by atoms with Crippen molar-refractivity contribution in [2.45, 2.75) is 4.90 Å². The Hall–Kier alpha value is -2.59. The monoisotopic (exact) mass is 522 g/mol. The van der Waals surface area contributed by atoms with Crippen molar-refractivity contribution < 1.29 is 17.9 Å². The Morgan fingerprint density at radius 3 is 2.38 bits per heavy atom. The van der Waals surface area contributed by atoms with Crippen molar-refractivity contribution in [3.8, 4) is 5.75 Å². The zero-order valence-corrected chi connectivity index (χ0v) is 18.6. The highest BCUT2D eigenvalue weighted by molar-refractivity contribution is 14.1. The molecule has 0 spiro atoms. The van der Waals surface area contributed by atoms with Gasteiger partial charge in [0.05, 0.1) is 10.6 Å². The van der Waals surface area contributed by atoms with E-state index in [9.17, 15) is 13.2 Å². The Labute approximate surface area is 183 Å². The van der Waals surface area contributed by atoms with Crippen LogP contribution in [0.4, 0.5) is 11.4 Å². The van der Waals surface area contributed by atoms with Crippen molar-refractivity contribution in [3.63, 3.8) is 0 Å². The molecule has 0 unspecified atom stereocenters. The normalized spacial score (nSPS) is 11.0. The number of carbonyl (C=O) groups excluding carboxylic acids is 1. The van der Waals surface area contributed by atoms with Gasteiger partial charge in [0.25, 0.3) is 15.9 Å². The lowest BCUT2D eigenvalue weighted by atomic mass is 10.3. The first-order chi connectivity index (χ1) is 13.9. The lowest BCUT2D eigenvalue weighted by molar-refractivity contribution is -0.118. The van der Waals surface area contributed by atoms with Gasteiger partial charge in [0.1, 0.15) is 5.75 Å². The van der Waals surface area contributed by atoms with Crippen LogP contribution in [0.15, 0.2) is 83.8 Å². The number of anilines is 2. The van der Waals surface area contributed by atoms with Crippen molar-refractivity contribution in [2.75, 3.05) is 23.3 Å². The third kappa shape index (κ3) is 5.48. The molecule has 0 saturated heterocycles. The minimum atomic E-state index is -3.76. The maximum Gasteiger partial charge on any atom is 0.264 e. The number of hydrogen-bond acceptors (Lipinski definition) is 4. The van der Waals surface area contributed by atoms with Gasteiger partial charge in [-0.2, -0.15) is 0 Å². The van der Waals surface area contributed by atoms with Crippen LogP contribution in [0.5, 0.6) is 5.75 Å². The molecule has 29 heavy (non-hydrogen) atoms. The molecule has 1 amide bonds. The maximum atomic E-state index is 12.9. The highest BCUT2D eigenvalue weighted by Crippen LogP contribution is 2.23.